The van der Waals surface area contributed by atoms with Crippen LogP contribution in [0.4, 0.5) is 11.4 Å². The number of fused-ring (bicyclic) bond motifs is 1. The van der Waals surface area contributed by atoms with Crippen molar-refractivity contribution in [2.45, 2.75) is 19.8 Å². The number of nitro benzene ring substituents is 1. The molecule has 1 aromatic heterocycles. The molecular formula is C20H19N3O7. The van der Waals surface area contributed by atoms with Crippen LogP contribution in [0.5, 0.6) is 5.75 Å². The molecule has 0 spiro atoms. The molecule has 0 unspecified atom stereocenters. The molecule has 30 heavy (non-hydrogen) atoms. The average molecular weight is 413 g/mol. The minimum Gasteiger partial charge on any atom is -0.490 e. The summed E-state index contributed by atoms with van der Waals surface area (Å²) in [5, 5.41) is 13.6. The van der Waals surface area contributed by atoms with Gasteiger partial charge in [0.05, 0.1) is 18.5 Å². The lowest BCUT2D eigenvalue weighted by Gasteiger charge is -2.11. The van der Waals surface area contributed by atoms with E-state index in [4.69, 9.17) is 13.9 Å². The Kier molecular flexibility index (Phi) is 6.26. The Morgan fingerprint density at radius 3 is 2.73 bits per heavy atom. The molecule has 0 saturated heterocycles. The van der Waals surface area contributed by atoms with Crippen LogP contribution in [0, 0.1) is 17.0 Å². The molecule has 0 bridgehead atoms. The quantitative estimate of drug-likeness (QED) is 0.338. The number of nitrogens with one attached hydrogen (secondary N) is 1. The molecule has 3 aromatic rings. The lowest BCUT2D eigenvalue weighted by Crippen LogP contribution is -2.21. The highest BCUT2D eigenvalue weighted by molar-refractivity contribution is 5.94. The number of anilines is 1. The number of esters is 1. The van der Waals surface area contributed by atoms with Crippen LogP contribution >= 0.6 is 0 Å². The topological polar surface area (TPSA) is 134 Å². The third kappa shape index (κ3) is 4.90. The molecule has 1 amide bonds. The average Bonchev–Trinajstić information content (AvgIpc) is 3.14. The van der Waals surface area contributed by atoms with Crippen molar-refractivity contribution < 1.29 is 28.4 Å². The second-order valence-electron chi connectivity index (χ2n) is 6.38. The van der Waals surface area contributed by atoms with Gasteiger partial charge in [-0.2, -0.15) is 0 Å². The summed E-state index contributed by atoms with van der Waals surface area (Å²) >= 11 is 0. The maximum atomic E-state index is 12.1. The number of carbonyl (C=O) groups excluding carboxylic acids is 2. The SMILES string of the molecule is COc1cc(NC(=O)COC(=O)CCc2nc3ccccc3o2)c(C)cc1[N+](=O)[O-]. The van der Waals surface area contributed by atoms with Crippen molar-refractivity contribution >= 4 is 34.4 Å². The molecule has 10 nitrogen and oxygen atoms in total. The summed E-state index contributed by atoms with van der Waals surface area (Å²) in [4.78, 5) is 38.7. The first kappa shape index (κ1) is 20.8. The molecule has 0 fully saturated rings. The number of nitrogens with zero attached hydrogens (tertiary/aromatic N) is 2. The molecule has 156 valence electrons. The number of aryl methyl sites for hydroxylation is 2. The number of carbonyl (C=O) groups is 2. The monoisotopic (exact) mass is 413 g/mol. The van der Waals surface area contributed by atoms with Crippen LogP contribution < -0.4 is 10.1 Å². The highest BCUT2D eigenvalue weighted by atomic mass is 16.6. The van der Waals surface area contributed by atoms with Crippen molar-refractivity contribution in [2.24, 2.45) is 0 Å². The van der Waals surface area contributed by atoms with Crippen LogP contribution in [-0.2, 0) is 20.7 Å². The van der Waals surface area contributed by atoms with Crippen LogP contribution in [0.2, 0.25) is 0 Å². The van der Waals surface area contributed by atoms with E-state index in [-0.39, 0.29) is 24.3 Å². The molecule has 0 aliphatic rings. The minimum absolute atomic E-state index is 0.00445. The van der Waals surface area contributed by atoms with Gasteiger partial charge in [-0.3, -0.25) is 19.7 Å². The van der Waals surface area contributed by atoms with Gasteiger partial charge in [0, 0.05) is 24.2 Å². The molecule has 1 N–H and O–H groups in total. The number of nitro groups is 1. The van der Waals surface area contributed by atoms with E-state index in [9.17, 15) is 19.7 Å². The zero-order valence-electron chi connectivity index (χ0n) is 16.3. The third-order valence-electron chi connectivity index (χ3n) is 4.24. The van der Waals surface area contributed by atoms with Gasteiger partial charge in [0.2, 0.25) is 0 Å². The van der Waals surface area contributed by atoms with E-state index in [0.29, 0.717) is 28.2 Å². The van der Waals surface area contributed by atoms with Crippen LogP contribution in [0.15, 0.2) is 40.8 Å². The number of hydrogen-bond acceptors (Lipinski definition) is 8. The summed E-state index contributed by atoms with van der Waals surface area (Å²) in [7, 11) is 1.29. The van der Waals surface area contributed by atoms with E-state index >= 15 is 0 Å². The zero-order chi connectivity index (χ0) is 21.7. The number of oxazole rings is 1. The molecule has 0 aliphatic carbocycles. The summed E-state index contributed by atoms with van der Waals surface area (Å²) < 4.78 is 15.5. The Morgan fingerprint density at radius 2 is 2.03 bits per heavy atom. The van der Waals surface area contributed by atoms with E-state index < -0.39 is 23.4 Å². The number of rotatable bonds is 8. The summed E-state index contributed by atoms with van der Waals surface area (Å²) in [6.07, 6.45) is 0.248. The summed E-state index contributed by atoms with van der Waals surface area (Å²) in [5.74, 6) is -0.739. The Balaban J connectivity index is 1.51. The van der Waals surface area contributed by atoms with Gasteiger partial charge in [-0.05, 0) is 24.6 Å². The molecule has 10 heteroatoms. The van der Waals surface area contributed by atoms with Gasteiger partial charge >= 0.3 is 11.7 Å². The fraction of sp³-hybridized carbons (Fsp3) is 0.250. The first-order chi connectivity index (χ1) is 14.4. The molecule has 0 saturated carbocycles. The Hall–Kier alpha value is -3.95. The molecule has 2 aromatic carbocycles. The van der Waals surface area contributed by atoms with E-state index in [0.717, 1.165) is 0 Å². The largest absolute Gasteiger partial charge is 0.490 e. The van der Waals surface area contributed by atoms with Crippen LogP contribution in [-0.4, -0.2) is 35.5 Å². The summed E-state index contributed by atoms with van der Waals surface area (Å²) in [6.45, 7) is 1.11. The van der Waals surface area contributed by atoms with Crippen LogP contribution in [0.1, 0.15) is 17.9 Å². The molecule has 0 radical (unpaired) electrons. The first-order valence-corrected chi connectivity index (χ1v) is 9.00. The number of hydrogen-bond donors (Lipinski definition) is 1. The van der Waals surface area contributed by atoms with Gasteiger partial charge in [0.25, 0.3) is 5.91 Å². The lowest BCUT2D eigenvalue weighted by molar-refractivity contribution is -0.385. The predicted octanol–water partition coefficient (Wildman–Crippen LogP) is 3.17. The Morgan fingerprint density at radius 1 is 1.27 bits per heavy atom. The highest BCUT2D eigenvalue weighted by Crippen LogP contribution is 2.32. The fourth-order valence-electron chi connectivity index (χ4n) is 2.75. The van der Waals surface area contributed by atoms with Crippen LogP contribution in [0.3, 0.4) is 0 Å². The van der Waals surface area contributed by atoms with Crippen molar-refractivity contribution in [3.63, 3.8) is 0 Å². The maximum Gasteiger partial charge on any atom is 0.311 e. The fourth-order valence-corrected chi connectivity index (χ4v) is 2.75. The zero-order valence-corrected chi connectivity index (χ0v) is 16.3. The number of methoxy groups -OCH3 is 1. The highest BCUT2D eigenvalue weighted by Gasteiger charge is 2.19. The number of aromatic nitrogens is 1. The second-order valence-corrected chi connectivity index (χ2v) is 6.38. The standard InChI is InChI=1S/C20H19N3O7/c1-12-9-15(23(26)27)17(28-2)10-14(12)21-18(24)11-29-20(25)8-7-19-22-13-5-3-4-6-16(13)30-19/h3-6,9-10H,7-8,11H2,1-2H3,(H,21,24). The number of benzene rings is 2. The van der Waals surface area contributed by atoms with Gasteiger partial charge in [-0.1, -0.05) is 12.1 Å². The van der Waals surface area contributed by atoms with Gasteiger partial charge in [-0.25, -0.2) is 4.98 Å². The minimum atomic E-state index is -0.579. The van der Waals surface area contributed by atoms with E-state index in [1.165, 1.54) is 19.2 Å². The molecular weight excluding hydrogens is 394 g/mol. The summed E-state index contributed by atoms with van der Waals surface area (Å²) in [5.41, 5.74) is 1.92. The number of amides is 1. The van der Waals surface area contributed by atoms with E-state index in [1.807, 2.05) is 12.1 Å². The predicted molar refractivity (Wildman–Crippen MR) is 106 cm³/mol. The summed E-state index contributed by atoms with van der Waals surface area (Å²) in [6, 6.07) is 9.89. The van der Waals surface area contributed by atoms with Crippen molar-refractivity contribution in [3.8, 4) is 5.75 Å². The Bertz CT molecular complexity index is 1070. The van der Waals surface area contributed by atoms with Gasteiger partial charge < -0.3 is 19.2 Å². The van der Waals surface area contributed by atoms with Crippen LogP contribution in [0.25, 0.3) is 11.1 Å². The van der Waals surface area contributed by atoms with Gasteiger partial charge in [0.1, 0.15) is 5.52 Å². The molecule has 1 heterocycles. The number of ether oxygens (including phenoxy) is 2. The van der Waals surface area contributed by atoms with Crippen molar-refractivity contribution in [2.75, 3.05) is 19.0 Å². The third-order valence-corrected chi connectivity index (χ3v) is 4.24. The van der Waals surface area contributed by atoms with Gasteiger partial charge in [-0.15, -0.1) is 0 Å². The maximum absolute atomic E-state index is 12.1. The molecule has 3 rings (SSSR count). The molecule has 0 aliphatic heterocycles. The van der Waals surface area contributed by atoms with Crippen molar-refractivity contribution in [1.29, 1.82) is 0 Å². The van der Waals surface area contributed by atoms with Crippen molar-refractivity contribution in [1.82, 2.24) is 4.98 Å². The number of para-hydroxylation sites is 2. The smallest absolute Gasteiger partial charge is 0.311 e. The van der Waals surface area contributed by atoms with E-state index in [1.54, 1.807) is 19.1 Å². The first-order valence-electron chi connectivity index (χ1n) is 9.00. The van der Waals surface area contributed by atoms with Gasteiger partial charge in [0.15, 0.2) is 23.8 Å². The molecule has 0 atom stereocenters. The van der Waals surface area contributed by atoms with E-state index in [2.05, 4.69) is 10.3 Å². The lowest BCUT2D eigenvalue weighted by atomic mass is 10.1. The second kappa shape index (κ2) is 9.03. The van der Waals surface area contributed by atoms with Crippen molar-refractivity contribution in [3.05, 3.63) is 58.0 Å². The Labute approximate surface area is 170 Å². The normalized spacial score (nSPS) is 10.6.